The van der Waals surface area contributed by atoms with Gasteiger partial charge in [-0.05, 0) is 13.8 Å². The van der Waals surface area contributed by atoms with E-state index in [0.29, 0.717) is 6.61 Å². The molecule has 11 heavy (non-hydrogen) atoms. The Kier molecular flexibility index (Phi) is 12.3. The van der Waals surface area contributed by atoms with Crippen molar-refractivity contribution in [1.82, 2.24) is 0 Å². The smallest absolute Gasteiger partial charge is 1.00 e. The first-order valence-electron chi connectivity index (χ1n) is 3.46. The zero-order valence-corrected chi connectivity index (χ0v) is 9.75. The number of rotatable bonds is 5. The van der Waals surface area contributed by atoms with Gasteiger partial charge in [-0.25, -0.2) is 0 Å². The Hall–Kier alpha value is 1.14. The van der Waals surface area contributed by atoms with Crippen LogP contribution < -0.4 is 0 Å². The zero-order chi connectivity index (χ0) is 7.98. The van der Waals surface area contributed by atoms with Gasteiger partial charge in [-0.2, -0.15) is 0 Å². The van der Waals surface area contributed by atoms with Gasteiger partial charge in [0.15, 0.2) is 0 Å². The summed E-state index contributed by atoms with van der Waals surface area (Å²) in [5.41, 5.74) is 0. The monoisotopic (exact) mass is 190 g/mol. The van der Waals surface area contributed by atoms with Crippen LogP contribution in [-0.4, -0.2) is 75.4 Å². The summed E-state index contributed by atoms with van der Waals surface area (Å²) in [6, 6.07) is 0. The SMILES string of the molecule is COC(C)COC(C)CO.[Ca+2].[H-].[H-]. The Morgan fingerprint density at radius 2 is 1.91 bits per heavy atom. The van der Waals surface area contributed by atoms with Crippen LogP contribution in [0.1, 0.15) is 16.7 Å². The number of aliphatic hydroxyl groups excluding tert-OH is 1. The number of methoxy groups -OCH3 is 1. The van der Waals surface area contributed by atoms with Gasteiger partial charge in [-0.1, -0.05) is 0 Å². The van der Waals surface area contributed by atoms with Crippen LogP contribution in [0.4, 0.5) is 0 Å². The first-order valence-corrected chi connectivity index (χ1v) is 3.46. The van der Waals surface area contributed by atoms with Gasteiger partial charge in [-0.3, -0.25) is 0 Å². The van der Waals surface area contributed by atoms with Gasteiger partial charge in [0.2, 0.25) is 0 Å². The molecule has 4 heteroatoms. The minimum atomic E-state index is -0.0856. The summed E-state index contributed by atoms with van der Waals surface area (Å²) in [6.45, 7) is 4.35. The molecular weight excluding hydrogens is 172 g/mol. The van der Waals surface area contributed by atoms with Crippen molar-refractivity contribution in [2.45, 2.75) is 26.1 Å². The standard InChI is InChI=1S/C7H16O3.Ca.2H/c1-6(4-8)10-5-7(2)9-3;;;/h6-8H,4-5H2,1-3H3;;;/q;+2;2*-1. The van der Waals surface area contributed by atoms with Gasteiger partial charge in [0.1, 0.15) is 0 Å². The van der Waals surface area contributed by atoms with E-state index in [1.165, 1.54) is 0 Å². The second kappa shape index (κ2) is 9.23. The second-order valence-electron chi connectivity index (χ2n) is 2.37. The van der Waals surface area contributed by atoms with Crippen molar-refractivity contribution in [3.8, 4) is 0 Å². The van der Waals surface area contributed by atoms with Crippen molar-refractivity contribution in [3.63, 3.8) is 0 Å². The first-order chi connectivity index (χ1) is 4.70. The summed E-state index contributed by atoms with van der Waals surface area (Å²) in [7, 11) is 1.64. The summed E-state index contributed by atoms with van der Waals surface area (Å²) in [4.78, 5) is 0. The molecule has 0 saturated carbocycles. The third-order valence-corrected chi connectivity index (χ3v) is 1.27. The fourth-order valence-corrected chi connectivity index (χ4v) is 0.421. The van der Waals surface area contributed by atoms with E-state index in [-0.39, 0.29) is 59.4 Å². The Bertz CT molecular complexity index is 78.1. The molecule has 0 amide bonds. The average Bonchev–Trinajstić information content (AvgIpc) is 1.99. The molecular formula is C7H18CaO3. The zero-order valence-electron chi connectivity index (χ0n) is 9.54. The molecule has 0 aromatic carbocycles. The molecule has 2 atom stereocenters. The predicted molar refractivity (Wildman–Crippen MR) is 46.9 cm³/mol. The summed E-state index contributed by atoms with van der Waals surface area (Å²) < 4.78 is 10.1. The van der Waals surface area contributed by atoms with Crippen LogP contribution in [0.5, 0.6) is 0 Å². The molecule has 0 rings (SSSR count). The Labute approximate surface area is 101 Å². The molecule has 3 nitrogen and oxygen atoms in total. The summed E-state index contributed by atoms with van der Waals surface area (Å²) in [5.74, 6) is 0. The van der Waals surface area contributed by atoms with E-state index in [1.54, 1.807) is 7.11 Å². The van der Waals surface area contributed by atoms with Crippen LogP contribution in [0.2, 0.25) is 0 Å². The molecule has 0 bridgehead atoms. The van der Waals surface area contributed by atoms with Crippen LogP contribution in [0.25, 0.3) is 0 Å². The molecule has 0 heterocycles. The fourth-order valence-electron chi connectivity index (χ4n) is 0.421. The van der Waals surface area contributed by atoms with Crippen molar-refractivity contribution < 1.29 is 17.4 Å². The first kappa shape index (κ1) is 14.7. The molecule has 0 aliphatic rings. The largest absolute Gasteiger partial charge is 2.00 e. The number of aliphatic hydroxyl groups is 1. The summed E-state index contributed by atoms with van der Waals surface area (Å²) in [6.07, 6.45) is 0.0200. The van der Waals surface area contributed by atoms with Gasteiger partial charge in [-0.15, -0.1) is 0 Å². The van der Waals surface area contributed by atoms with E-state index in [0.717, 1.165) is 0 Å². The second-order valence-corrected chi connectivity index (χ2v) is 2.37. The summed E-state index contributed by atoms with van der Waals surface area (Å²) in [5, 5.41) is 8.55. The van der Waals surface area contributed by atoms with Gasteiger partial charge in [0.25, 0.3) is 0 Å². The van der Waals surface area contributed by atoms with E-state index >= 15 is 0 Å². The van der Waals surface area contributed by atoms with E-state index in [1.807, 2.05) is 13.8 Å². The number of hydrogen-bond donors (Lipinski definition) is 1. The quantitative estimate of drug-likeness (QED) is 0.632. The average molecular weight is 190 g/mol. The van der Waals surface area contributed by atoms with Crippen LogP contribution in [0, 0.1) is 0 Å². The molecule has 66 valence electrons. The number of hydrogen-bond acceptors (Lipinski definition) is 3. The molecule has 0 spiro atoms. The molecule has 0 aromatic heterocycles. The van der Waals surface area contributed by atoms with Crippen molar-refractivity contribution >= 4 is 37.7 Å². The van der Waals surface area contributed by atoms with Gasteiger partial charge < -0.3 is 17.4 Å². The fraction of sp³-hybridized carbons (Fsp3) is 1.00. The molecule has 0 aromatic rings. The number of ether oxygens (including phenoxy) is 2. The maximum atomic E-state index is 8.55. The van der Waals surface area contributed by atoms with E-state index in [9.17, 15) is 0 Å². The third-order valence-electron chi connectivity index (χ3n) is 1.27. The van der Waals surface area contributed by atoms with Crippen LogP contribution in [0.3, 0.4) is 0 Å². The molecule has 0 fully saturated rings. The van der Waals surface area contributed by atoms with E-state index in [4.69, 9.17) is 14.6 Å². The Morgan fingerprint density at radius 1 is 1.36 bits per heavy atom. The van der Waals surface area contributed by atoms with Crippen molar-refractivity contribution in [1.29, 1.82) is 0 Å². The summed E-state index contributed by atoms with van der Waals surface area (Å²) >= 11 is 0. The molecule has 0 radical (unpaired) electrons. The predicted octanol–water partition coefficient (Wildman–Crippen LogP) is 0.263. The van der Waals surface area contributed by atoms with Crippen LogP contribution >= 0.6 is 0 Å². The van der Waals surface area contributed by atoms with Gasteiger partial charge in [0, 0.05) is 7.11 Å². The van der Waals surface area contributed by atoms with Crippen LogP contribution in [0.15, 0.2) is 0 Å². The van der Waals surface area contributed by atoms with Gasteiger partial charge in [0.05, 0.1) is 25.4 Å². The molecule has 0 aliphatic carbocycles. The molecule has 0 aliphatic heterocycles. The van der Waals surface area contributed by atoms with Crippen molar-refractivity contribution in [2.75, 3.05) is 20.3 Å². The van der Waals surface area contributed by atoms with Crippen LogP contribution in [-0.2, 0) is 9.47 Å². The Balaban J connectivity index is -0.000000135. The van der Waals surface area contributed by atoms with E-state index < -0.39 is 0 Å². The molecule has 0 saturated heterocycles. The minimum absolute atomic E-state index is 0. The maximum absolute atomic E-state index is 8.55. The van der Waals surface area contributed by atoms with Crippen molar-refractivity contribution in [3.05, 3.63) is 0 Å². The Morgan fingerprint density at radius 3 is 2.27 bits per heavy atom. The molecule has 1 N–H and O–H groups in total. The minimum Gasteiger partial charge on any atom is -1.00 e. The molecule has 2 unspecified atom stereocenters. The topological polar surface area (TPSA) is 38.7 Å². The van der Waals surface area contributed by atoms with E-state index in [2.05, 4.69) is 0 Å². The van der Waals surface area contributed by atoms with Gasteiger partial charge >= 0.3 is 37.7 Å². The third kappa shape index (κ3) is 9.05. The van der Waals surface area contributed by atoms with Crippen molar-refractivity contribution in [2.24, 2.45) is 0 Å². The maximum Gasteiger partial charge on any atom is 2.00 e. The normalized spacial score (nSPS) is 15.3.